The van der Waals surface area contributed by atoms with Gasteiger partial charge in [0, 0.05) is 19.5 Å². The fourth-order valence-electron chi connectivity index (χ4n) is 3.75. The maximum atomic E-state index is 12.3. The summed E-state index contributed by atoms with van der Waals surface area (Å²) < 4.78 is 0. The van der Waals surface area contributed by atoms with Gasteiger partial charge in [-0.3, -0.25) is 9.80 Å². The second-order valence-corrected chi connectivity index (χ2v) is 7.46. The summed E-state index contributed by atoms with van der Waals surface area (Å²) in [5.74, 6) is 1.03. The van der Waals surface area contributed by atoms with Gasteiger partial charge in [-0.1, -0.05) is 49.1 Å². The predicted octanol–water partition coefficient (Wildman–Crippen LogP) is 2.65. The van der Waals surface area contributed by atoms with Crippen molar-refractivity contribution in [3.8, 4) is 0 Å². The zero-order chi connectivity index (χ0) is 18.3. The van der Waals surface area contributed by atoms with Crippen LogP contribution in [0.4, 0.5) is 0 Å². The minimum absolute atomic E-state index is 0.0757. The molecule has 2 aliphatic heterocycles. The second-order valence-electron chi connectivity index (χ2n) is 7.46. The van der Waals surface area contributed by atoms with Crippen molar-refractivity contribution in [2.45, 2.75) is 25.4 Å². The number of benzene rings is 1. The molecular formula is C21H24N4O. The Morgan fingerprint density at radius 2 is 2.12 bits per heavy atom. The van der Waals surface area contributed by atoms with Gasteiger partial charge in [-0.15, -0.1) is 0 Å². The number of amides is 1. The zero-order valence-corrected chi connectivity index (χ0v) is 15.3. The number of rotatable bonds is 3. The van der Waals surface area contributed by atoms with Gasteiger partial charge in [0.1, 0.15) is 5.82 Å². The van der Waals surface area contributed by atoms with Gasteiger partial charge in [0.2, 0.25) is 5.91 Å². The predicted molar refractivity (Wildman–Crippen MR) is 103 cm³/mol. The molecule has 1 aromatic carbocycles. The highest BCUT2D eigenvalue weighted by Gasteiger charge is 2.39. The van der Waals surface area contributed by atoms with E-state index in [0.29, 0.717) is 18.2 Å². The van der Waals surface area contributed by atoms with Crippen molar-refractivity contribution in [2.24, 2.45) is 11.0 Å². The van der Waals surface area contributed by atoms with Crippen molar-refractivity contribution >= 4 is 11.6 Å². The average molecular weight is 348 g/mol. The molecule has 2 heterocycles. The first-order chi connectivity index (χ1) is 12.4. The molecule has 26 heavy (non-hydrogen) atoms. The minimum Gasteiger partial charge on any atom is -0.362 e. The van der Waals surface area contributed by atoms with E-state index in [9.17, 15) is 4.79 Å². The lowest BCUT2D eigenvalue weighted by atomic mass is 9.81. The Labute approximate surface area is 154 Å². The zero-order valence-electron chi connectivity index (χ0n) is 15.3. The highest BCUT2D eigenvalue weighted by Crippen LogP contribution is 2.33. The normalized spacial score (nSPS) is 27.8. The molecule has 3 aliphatic rings. The lowest BCUT2D eigenvalue weighted by molar-refractivity contribution is -0.131. The quantitative estimate of drug-likeness (QED) is 0.914. The van der Waals surface area contributed by atoms with E-state index in [1.165, 1.54) is 5.56 Å². The Kier molecular flexibility index (Phi) is 3.94. The van der Waals surface area contributed by atoms with Gasteiger partial charge in [0.25, 0.3) is 0 Å². The molecule has 1 fully saturated rings. The number of nitrogens with zero attached hydrogens (tertiary/aromatic N) is 3. The third kappa shape index (κ3) is 2.94. The van der Waals surface area contributed by atoms with Crippen molar-refractivity contribution in [2.75, 3.05) is 13.6 Å². The monoisotopic (exact) mass is 348 g/mol. The molecule has 0 aromatic heterocycles. The van der Waals surface area contributed by atoms with Crippen LogP contribution in [0.25, 0.3) is 0 Å². The molecule has 1 saturated heterocycles. The Morgan fingerprint density at radius 3 is 2.85 bits per heavy atom. The molecule has 5 heteroatoms. The fourth-order valence-corrected chi connectivity index (χ4v) is 3.75. The lowest BCUT2D eigenvalue weighted by Crippen LogP contribution is -2.55. The van der Waals surface area contributed by atoms with Gasteiger partial charge in [-0.05, 0) is 24.1 Å². The Morgan fingerprint density at radius 1 is 1.35 bits per heavy atom. The molecule has 4 rings (SSSR count). The minimum atomic E-state index is -0.447. The second kappa shape index (κ2) is 6.16. The Balaban J connectivity index is 1.54. The highest BCUT2D eigenvalue weighted by molar-refractivity contribution is 6.01. The summed E-state index contributed by atoms with van der Waals surface area (Å²) >= 11 is 0. The van der Waals surface area contributed by atoms with E-state index in [1.807, 2.05) is 6.07 Å². The number of carbonyl (C=O) groups is 1. The summed E-state index contributed by atoms with van der Waals surface area (Å²) in [6, 6.07) is 10.4. The first-order valence-electron chi connectivity index (χ1n) is 8.96. The maximum Gasteiger partial charge on any atom is 0.230 e. The largest absolute Gasteiger partial charge is 0.362 e. The smallest absolute Gasteiger partial charge is 0.230 e. The van der Waals surface area contributed by atoms with Gasteiger partial charge < -0.3 is 10.2 Å². The van der Waals surface area contributed by atoms with Crippen LogP contribution >= 0.6 is 0 Å². The summed E-state index contributed by atoms with van der Waals surface area (Å²) in [5, 5.41) is 10.3. The van der Waals surface area contributed by atoms with Crippen LogP contribution in [0, 0.1) is 5.92 Å². The van der Waals surface area contributed by atoms with Crippen molar-refractivity contribution in [3.63, 3.8) is 0 Å². The van der Waals surface area contributed by atoms with E-state index < -0.39 is 5.54 Å². The summed E-state index contributed by atoms with van der Waals surface area (Å²) in [5.41, 5.74) is 2.96. The molecule has 134 valence electrons. The van der Waals surface area contributed by atoms with Crippen molar-refractivity contribution in [3.05, 3.63) is 72.1 Å². The number of hydrogen-bond donors (Lipinski definition) is 1. The summed E-state index contributed by atoms with van der Waals surface area (Å²) in [4.78, 5) is 13.9. The van der Waals surface area contributed by atoms with E-state index in [2.05, 4.69) is 66.3 Å². The first-order valence-corrected chi connectivity index (χ1v) is 8.96. The molecule has 5 nitrogen and oxygen atoms in total. The van der Waals surface area contributed by atoms with Gasteiger partial charge in [0.05, 0.1) is 24.2 Å². The molecule has 0 saturated carbocycles. The van der Waals surface area contributed by atoms with Crippen LogP contribution in [-0.4, -0.2) is 40.7 Å². The summed E-state index contributed by atoms with van der Waals surface area (Å²) in [6.07, 6.45) is 6.88. The molecule has 2 atom stereocenters. The lowest BCUT2D eigenvalue weighted by Gasteiger charge is -2.42. The SMILES string of the molecule is C=C1N[C@](C)(C2=CC3=NN(Cc4ccccc4)CC3C=C2)CC(=O)N1C. The molecule has 0 bridgehead atoms. The van der Waals surface area contributed by atoms with Crippen LogP contribution in [0.3, 0.4) is 0 Å². The number of carbonyl (C=O) groups excluding carboxylic acids is 1. The van der Waals surface area contributed by atoms with Crippen molar-refractivity contribution < 1.29 is 4.79 Å². The van der Waals surface area contributed by atoms with E-state index >= 15 is 0 Å². The van der Waals surface area contributed by atoms with Crippen LogP contribution in [-0.2, 0) is 11.3 Å². The maximum absolute atomic E-state index is 12.3. The van der Waals surface area contributed by atoms with Gasteiger partial charge in [-0.25, -0.2) is 0 Å². The summed E-state index contributed by atoms with van der Waals surface area (Å²) in [7, 11) is 1.75. The third-order valence-electron chi connectivity index (χ3n) is 5.40. The number of allylic oxidation sites excluding steroid dienone is 1. The molecule has 0 spiro atoms. The summed E-state index contributed by atoms with van der Waals surface area (Å²) in [6.45, 7) is 7.72. The van der Waals surface area contributed by atoms with E-state index in [0.717, 1.165) is 24.4 Å². The van der Waals surface area contributed by atoms with E-state index in [-0.39, 0.29) is 5.91 Å². The van der Waals surface area contributed by atoms with Crippen LogP contribution < -0.4 is 5.32 Å². The average Bonchev–Trinajstić information content (AvgIpc) is 3.02. The van der Waals surface area contributed by atoms with Crippen LogP contribution in [0.1, 0.15) is 18.9 Å². The standard InChI is InChI=1S/C21H24N4O/c1-15-22-21(2,12-20(26)24(15)3)18-10-9-17-14-25(23-19(17)11-18)13-16-7-5-4-6-8-16/h4-11,17,22H,1,12-14H2,2-3H3/t17?,21-/m0/s1. The molecule has 1 unspecified atom stereocenters. The van der Waals surface area contributed by atoms with Crippen LogP contribution in [0.15, 0.2) is 71.6 Å². The molecule has 1 N–H and O–H groups in total. The van der Waals surface area contributed by atoms with Gasteiger partial charge in [-0.2, -0.15) is 5.10 Å². The van der Waals surface area contributed by atoms with E-state index in [1.54, 1.807) is 11.9 Å². The molecule has 1 amide bonds. The van der Waals surface area contributed by atoms with Gasteiger partial charge >= 0.3 is 0 Å². The molecule has 1 aromatic rings. The Bertz CT molecular complexity index is 819. The van der Waals surface area contributed by atoms with Crippen molar-refractivity contribution in [1.82, 2.24) is 15.2 Å². The number of hydrazone groups is 1. The fraction of sp³-hybridized carbons (Fsp3) is 0.333. The third-order valence-corrected chi connectivity index (χ3v) is 5.40. The number of hydrogen-bond acceptors (Lipinski definition) is 4. The van der Waals surface area contributed by atoms with Gasteiger partial charge in [0.15, 0.2) is 0 Å². The van der Waals surface area contributed by atoms with E-state index in [4.69, 9.17) is 5.10 Å². The molecule has 0 radical (unpaired) electrons. The highest BCUT2D eigenvalue weighted by atomic mass is 16.2. The molecular weight excluding hydrogens is 324 g/mol. The Hall–Kier alpha value is -2.82. The van der Waals surface area contributed by atoms with Crippen molar-refractivity contribution in [1.29, 1.82) is 0 Å². The number of nitrogens with one attached hydrogen (secondary N) is 1. The topological polar surface area (TPSA) is 47.9 Å². The van der Waals surface area contributed by atoms with Crippen LogP contribution in [0.5, 0.6) is 0 Å². The number of fused-ring (bicyclic) bond motifs is 1. The van der Waals surface area contributed by atoms with Crippen LogP contribution in [0.2, 0.25) is 0 Å². The first kappa shape index (κ1) is 16.6. The molecule has 1 aliphatic carbocycles.